The van der Waals surface area contributed by atoms with Gasteiger partial charge in [0, 0.05) is 17.1 Å². The van der Waals surface area contributed by atoms with Gasteiger partial charge in [-0.1, -0.05) is 29.8 Å². The topological polar surface area (TPSA) is 138 Å². The van der Waals surface area contributed by atoms with Crippen molar-refractivity contribution in [2.24, 2.45) is 0 Å². The van der Waals surface area contributed by atoms with E-state index in [9.17, 15) is 26.0 Å². The molecule has 1 amide bonds. The van der Waals surface area contributed by atoms with Crippen LogP contribution in [0.25, 0.3) is 0 Å². The van der Waals surface area contributed by atoms with Crippen LogP contribution in [0.15, 0.2) is 88.7 Å². The van der Waals surface area contributed by atoms with Crippen molar-refractivity contribution in [1.29, 1.82) is 0 Å². The van der Waals surface area contributed by atoms with Gasteiger partial charge in [0.25, 0.3) is 20.0 Å². The van der Waals surface area contributed by atoms with E-state index in [0.29, 0.717) is 11.4 Å². The highest BCUT2D eigenvalue weighted by Gasteiger charge is 2.28. The lowest BCUT2D eigenvalue weighted by Crippen LogP contribution is -2.38. The van der Waals surface area contributed by atoms with Crippen LogP contribution >= 0.6 is 11.6 Å². The lowest BCUT2D eigenvalue weighted by atomic mass is 10.3. The average molecular weight is 604 g/mol. The van der Waals surface area contributed by atoms with Crippen molar-refractivity contribution in [2.75, 3.05) is 20.9 Å². The molecular weight excluding hydrogens is 581 g/mol. The Hall–Kier alpha value is -4.07. The summed E-state index contributed by atoms with van der Waals surface area (Å²) in [6, 6.07) is 17.6. The van der Waals surface area contributed by atoms with E-state index >= 15 is 0 Å². The molecule has 40 heavy (non-hydrogen) atoms. The summed E-state index contributed by atoms with van der Waals surface area (Å²) < 4.78 is 69.2. The molecule has 0 aliphatic rings. The monoisotopic (exact) mass is 603 g/mol. The molecule has 4 rings (SSSR count). The van der Waals surface area contributed by atoms with Gasteiger partial charge in [-0.3, -0.25) is 9.10 Å². The van der Waals surface area contributed by atoms with Gasteiger partial charge in [0.05, 0.1) is 20.5 Å². The highest BCUT2D eigenvalue weighted by Crippen LogP contribution is 2.28. The molecule has 2 N–H and O–H groups in total. The van der Waals surface area contributed by atoms with E-state index in [-0.39, 0.29) is 32.1 Å². The Bertz CT molecular complexity index is 1750. The largest absolute Gasteiger partial charge is 0.325 e. The van der Waals surface area contributed by atoms with Gasteiger partial charge < -0.3 is 5.32 Å². The van der Waals surface area contributed by atoms with Crippen LogP contribution in [0.3, 0.4) is 0 Å². The van der Waals surface area contributed by atoms with E-state index in [4.69, 9.17) is 11.6 Å². The van der Waals surface area contributed by atoms with Crippen molar-refractivity contribution in [3.05, 3.63) is 101 Å². The molecule has 0 fully saturated rings. The van der Waals surface area contributed by atoms with Crippen LogP contribution in [-0.4, -0.2) is 39.3 Å². The predicted octanol–water partition coefficient (Wildman–Crippen LogP) is 4.52. The molecule has 0 saturated carbocycles. The zero-order valence-electron chi connectivity index (χ0n) is 21.2. The summed E-state index contributed by atoms with van der Waals surface area (Å²) in [5.74, 6) is -1.56. The third-order valence-electron chi connectivity index (χ3n) is 5.47. The number of halogens is 2. The number of benzene rings is 3. The van der Waals surface area contributed by atoms with Crippen molar-refractivity contribution in [1.82, 2.24) is 9.97 Å². The summed E-state index contributed by atoms with van der Waals surface area (Å²) in [5, 5.41) is 2.23. The minimum Gasteiger partial charge on any atom is -0.325 e. The second-order valence-corrected chi connectivity index (χ2v) is 12.5. The Morgan fingerprint density at radius 3 is 2.10 bits per heavy atom. The van der Waals surface area contributed by atoms with E-state index in [2.05, 4.69) is 20.0 Å². The molecule has 10 nitrogen and oxygen atoms in total. The minimum atomic E-state index is -4.24. The summed E-state index contributed by atoms with van der Waals surface area (Å²) in [7, 11) is -8.26. The van der Waals surface area contributed by atoms with Crippen LogP contribution in [0.1, 0.15) is 11.4 Å². The fourth-order valence-corrected chi connectivity index (χ4v) is 6.23. The van der Waals surface area contributed by atoms with Crippen LogP contribution in [0, 0.1) is 19.7 Å². The predicted molar refractivity (Wildman–Crippen MR) is 150 cm³/mol. The van der Waals surface area contributed by atoms with Crippen molar-refractivity contribution < 1.29 is 26.0 Å². The van der Waals surface area contributed by atoms with E-state index in [1.165, 1.54) is 54.6 Å². The van der Waals surface area contributed by atoms with Gasteiger partial charge in [-0.15, -0.1) is 0 Å². The van der Waals surface area contributed by atoms with Crippen molar-refractivity contribution in [2.45, 2.75) is 23.6 Å². The number of carbonyl (C=O) groups excluding carboxylic acids is 1. The summed E-state index contributed by atoms with van der Waals surface area (Å²) in [4.78, 5) is 20.9. The maximum atomic E-state index is 13.8. The SMILES string of the molecule is Cc1cc(C)nc(NS(=O)(=O)c2ccc(NC(=O)CN(c3ccc(F)c(Cl)c3)S(=O)(=O)c3ccccc3)cc2)n1. The van der Waals surface area contributed by atoms with Crippen molar-refractivity contribution in [3.8, 4) is 0 Å². The van der Waals surface area contributed by atoms with E-state index in [1.54, 1.807) is 26.0 Å². The first-order valence-electron chi connectivity index (χ1n) is 11.6. The van der Waals surface area contributed by atoms with E-state index < -0.39 is 38.3 Å². The first-order valence-corrected chi connectivity index (χ1v) is 14.9. The van der Waals surface area contributed by atoms with E-state index in [0.717, 1.165) is 16.4 Å². The standard InChI is InChI=1S/C26H23ClFN5O5S2/c1-17-14-18(2)30-26(29-17)32-39(35,36)21-11-8-19(9-12-21)31-25(34)16-33(20-10-13-24(28)23(27)15-20)40(37,38)22-6-4-3-5-7-22/h3-15H,16H2,1-2H3,(H,31,34)(H,29,30,32). The lowest BCUT2D eigenvalue weighted by Gasteiger charge is -2.24. The van der Waals surface area contributed by atoms with Crippen LogP contribution in [-0.2, 0) is 24.8 Å². The molecule has 0 bridgehead atoms. The Labute approximate surface area is 236 Å². The molecule has 1 aromatic heterocycles. The molecule has 0 atom stereocenters. The second kappa shape index (κ2) is 11.6. The quantitative estimate of drug-likeness (QED) is 0.287. The highest BCUT2D eigenvalue weighted by molar-refractivity contribution is 7.93. The molecule has 3 aromatic carbocycles. The average Bonchev–Trinajstić information content (AvgIpc) is 2.89. The molecule has 4 aromatic rings. The molecule has 14 heteroatoms. The Morgan fingerprint density at radius 1 is 0.875 bits per heavy atom. The molecular formula is C26H23ClFN5O5S2. The molecule has 1 heterocycles. The number of anilines is 3. The Balaban J connectivity index is 1.54. The number of carbonyl (C=O) groups is 1. The zero-order chi connectivity index (χ0) is 29.1. The summed E-state index contributed by atoms with van der Waals surface area (Å²) in [5.41, 5.74) is 1.37. The number of aryl methyl sites for hydroxylation is 2. The molecule has 0 aliphatic heterocycles. The van der Waals surface area contributed by atoms with Gasteiger partial charge in [0.15, 0.2) is 0 Å². The van der Waals surface area contributed by atoms with Crippen LogP contribution in [0.5, 0.6) is 0 Å². The zero-order valence-corrected chi connectivity index (χ0v) is 23.6. The minimum absolute atomic E-state index is 0.0217. The van der Waals surface area contributed by atoms with Gasteiger partial charge in [0.2, 0.25) is 11.9 Å². The maximum Gasteiger partial charge on any atom is 0.264 e. The van der Waals surface area contributed by atoms with Gasteiger partial charge in [-0.25, -0.2) is 35.9 Å². The fraction of sp³-hybridized carbons (Fsp3) is 0.115. The molecule has 0 aliphatic carbocycles. The molecule has 0 radical (unpaired) electrons. The third-order valence-corrected chi connectivity index (χ3v) is 8.89. The number of hydrogen-bond donors (Lipinski definition) is 2. The lowest BCUT2D eigenvalue weighted by molar-refractivity contribution is -0.114. The number of sulfonamides is 2. The normalized spacial score (nSPS) is 11.6. The van der Waals surface area contributed by atoms with Gasteiger partial charge in [-0.2, -0.15) is 0 Å². The Kier molecular flexibility index (Phi) is 8.37. The highest BCUT2D eigenvalue weighted by atomic mass is 35.5. The van der Waals surface area contributed by atoms with Gasteiger partial charge in [0.1, 0.15) is 12.4 Å². The smallest absolute Gasteiger partial charge is 0.264 e. The van der Waals surface area contributed by atoms with Crippen LogP contribution in [0.4, 0.5) is 21.7 Å². The summed E-state index contributed by atoms with van der Waals surface area (Å²) in [6.07, 6.45) is 0. The second-order valence-electron chi connectivity index (χ2n) is 8.58. The summed E-state index contributed by atoms with van der Waals surface area (Å²) in [6.45, 7) is 2.74. The number of aromatic nitrogens is 2. The maximum absolute atomic E-state index is 13.8. The van der Waals surface area contributed by atoms with Gasteiger partial charge >= 0.3 is 0 Å². The Morgan fingerprint density at radius 2 is 1.50 bits per heavy atom. The number of nitrogens with zero attached hydrogens (tertiary/aromatic N) is 3. The first kappa shape index (κ1) is 28.9. The summed E-state index contributed by atoms with van der Waals surface area (Å²) >= 11 is 5.88. The van der Waals surface area contributed by atoms with Crippen LogP contribution in [0.2, 0.25) is 5.02 Å². The number of nitrogens with one attached hydrogen (secondary N) is 2. The first-order chi connectivity index (χ1) is 18.8. The van der Waals surface area contributed by atoms with Crippen molar-refractivity contribution >= 4 is 54.9 Å². The van der Waals surface area contributed by atoms with Crippen molar-refractivity contribution in [3.63, 3.8) is 0 Å². The number of amides is 1. The van der Waals surface area contributed by atoms with E-state index in [1.807, 2.05) is 0 Å². The van der Waals surface area contributed by atoms with Crippen LogP contribution < -0.4 is 14.3 Å². The third kappa shape index (κ3) is 6.73. The molecule has 208 valence electrons. The molecule has 0 saturated heterocycles. The van der Waals surface area contributed by atoms with Gasteiger partial charge in [-0.05, 0) is 74.5 Å². The molecule has 0 spiro atoms. The molecule has 0 unspecified atom stereocenters. The number of rotatable bonds is 9. The fourth-order valence-electron chi connectivity index (χ4n) is 3.67. The number of hydrogen-bond acceptors (Lipinski definition) is 7.